The number of carboxylic acid groups (broad SMARTS) is 1. The Morgan fingerprint density at radius 3 is 2.53 bits per heavy atom. The van der Waals surface area contributed by atoms with Gasteiger partial charge in [-0.1, -0.05) is 12.5 Å². The van der Waals surface area contributed by atoms with Crippen LogP contribution in [-0.2, 0) is 0 Å². The molecule has 1 aliphatic rings. The highest BCUT2D eigenvalue weighted by Gasteiger charge is 2.31. The Hall–Kier alpha value is -1.71. The van der Waals surface area contributed by atoms with Gasteiger partial charge < -0.3 is 14.6 Å². The Kier molecular flexibility index (Phi) is 3.98. The highest BCUT2D eigenvalue weighted by atomic mass is 16.5. The van der Waals surface area contributed by atoms with E-state index in [0.717, 1.165) is 25.7 Å². The van der Waals surface area contributed by atoms with E-state index in [1.807, 2.05) is 6.92 Å². The average molecular weight is 264 g/mol. The van der Waals surface area contributed by atoms with E-state index in [4.69, 9.17) is 9.47 Å². The molecule has 1 aromatic rings. The molecule has 0 amide bonds. The van der Waals surface area contributed by atoms with Crippen LogP contribution < -0.4 is 9.47 Å². The van der Waals surface area contributed by atoms with Crippen LogP contribution in [0.5, 0.6) is 11.5 Å². The minimum atomic E-state index is -0.992. The molecule has 0 atom stereocenters. The van der Waals surface area contributed by atoms with Crippen molar-refractivity contribution in [3.63, 3.8) is 0 Å². The molecule has 4 nitrogen and oxygen atoms in total. The number of hydrogen-bond donors (Lipinski definition) is 1. The van der Waals surface area contributed by atoms with Gasteiger partial charge in [0.05, 0.1) is 7.11 Å². The number of para-hydroxylation sites is 1. The van der Waals surface area contributed by atoms with Gasteiger partial charge in [-0.3, -0.25) is 0 Å². The first-order chi connectivity index (χ1) is 9.06. The number of rotatable bonds is 4. The Morgan fingerprint density at radius 1 is 1.26 bits per heavy atom. The lowest BCUT2D eigenvalue weighted by atomic mass is 9.86. The molecular formula is C15H20O4. The molecule has 1 fully saturated rings. The van der Waals surface area contributed by atoms with E-state index in [0.29, 0.717) is 11.5 Å². The third kappa shape index (κ3) is 3.00. The highest BCUT2D eigenvalue weighted by molar-refractivity contribution is 5.92. The number of carbonyl (C=O) groups is 1. The van der Waals surface area contributed by atoms with Gasteiger partial charge in [0.15, 0.2) is 11.5 Å². The molecule has 0 radical (unpaired) electrons. The van der Waals surface area contributed by atoms with Crippen LogP contribution in [-0.4, -0.2) is 23.8 Å². The van der Waals surface area contributed by atoms with Crippen molar-refractivity contribution in [2.24, 2.45) is 0 Å². The smallest absolute Gasteiger partial charge is 0.339 e. The summed E-state index contributed by atoms with van der Waals surface area (Å²) in [6, 6.07) is 4.94. The van der Waals surface area contributed by atoms with Gasteiger partial charge in [-0.25, -0.2) is 4.79 Å². The Labute approximate surface area is 113 Å². The van der Waals surface area contributed by atoms with Gasteiger partial charge >= 0.3 is 5.97 Å². The van der Waals surface area contributed by atoms with Crippen molar-refractivity contribution in [2.75, 3.05) is 7.11 Å². The fourth-order valence-corrected chi connectivity index (χ4v) is 2.60. The van der Waals surface area contributed by atoms with Crippen molar-refractivity contribution in [3.8, 4) is 11.5 Å². The number of methoxy groups -OCH3 is 1. The number of hydrogen-bond acceptors (Lipinski definition) is 3. The molecule has 1 aromatic carbocycles. The van der Waals surface area contributed by atoms with E-state index in [1.54, 1.807) is 18.2 Å². The third-order valence-electron chi connectivity index (χ3n) is 3.69. The first kappa shape index (κ1) is 13.7. The monoisotopic (exact) mass is 264 g/mol. The molecule has 1 N–H and O–H groups in total. The summed E-state index contributed by atoms with van der Waals surface area (Å²) in [6.07, 6.45) is 5.35. The first-order valence-corrected chi connectivity index (χ1v) is 6.65. The van der Waals surface area contributed by atoms with Crippen LogP contribution in [0.3, 0.4) is 0 Å². The van der Waals surface area contributed by atoms with Gasteiger partial charge in [0, 0.05) is 0 Å². The molecule has 0 unspecified atom stereocenters. The van der Waals surface area contributed by atoms with E-state index in [1.165, 1.54) is 13.5 Å². The van der Waals surface area contributed by atoms with Crippen molar-refractivity contribution < 1.29 is 19.4 Å². The van der Waals surface area contributed by atoms with E-state index in [-0.39, 0.29) is 11.2 Å². The maximum Gasteiger partial charge on any atom is 0.339 e. The summed E-state index contributed by atoms with van der Waals surface area (Å²) in [5, 5.41) is 9.26. The molecule has 1 aliphatic carbocycles. The van der Waals surface area contributed by atoms with E-state index < -0.39 is 5.97 Å². The zero-order chi connectivity index (χ0) is 13.9. The van der Waals surface area contributed by atoms with Crippen LogP contribution in [0.25, 0.3) is 0 Å². The molecule has 1 saturated carbocycles. The second kappa shape index (κ2) is 5.51. The third-order valence-corrected chi connectivity index (χ3v) is 3.69. The van der Waals surface area contributed by atoms with Gasteiger partial charge in [0.2, 0.25) is 0 Å². The first-order valence-electron chi connectivity index (χ1n) is 6.65. The lowest BCUT2D eigenvalue weighted by molar-refractivity contribution is 0.0428. The van der Waals surface area contributed by atoms with E-state index in [9.17, 15) is 9.90 Å². The predicted molar refractivity (Wildman–Crippen MR) is 72.1 cm³/mol. The summed E-state index contributed by atoms with van der Waals surface area (Å²) in [4.78, 5) is 11.3. The number of aromatic carboxylic acids is 1. The fourth-order valence-electron chi connectivity index (χ4n) is 2.60. The molecule has 0 aliphatic heterocycles. The quantitative estimate of drug-likeness (QED) is 0.904. The lowest BCUT2D eigenvalue weighted by Crippen LogP contribution is -2.35. The molecule has 104 valence electrons. The number of carboxylic acids is 1. The molecule has 0 heterocycles. The van der Waals surface area contributed by atoms with Crippen LogP contribution in [0.1, 0.15) is 49.4 Å². The SMILES string of the molecule is COc1cccc(C(=O)O)c1OC1(C)CCCCC1. The molecule has 2 rings (SSSR count). The molecule has 19 heavy (non-hydrogen) atoms. The summed E-state index contributed by atoms with van der Waals surface area (Å²) < 4.78 is 11.3. The molecule has 0 spiro atoms. The maximum absolute atomic E-state index is 11.3. The molecule has 0 aromatic heterocycles. The Balaban J connectivity index is 2.34. The average Bonchev–Trinajstić information content (AvgIpc) is 2.39. The van der Waals surface area contributed by atoms with E-state index in [2.05, 4.69) is 0 Å². The molecular weight excluding hydrogens is 244 g/mol. The zero-order valence-corrected chi connectivity index (χ0v) is 11.4. The lowest BCUT2D eigenvalue weighted by Gasteiger charge is -2.35. The van der Waals surface area contributed by atoms with Crippen LogP contribution in [0, 0.1) is 0 Å². The van der Waals surface area contributed by atoms with Crippen molar-refractivity contribution >= 4 is 5.97 Å². The highest BCUT2D eigenvalue weighted by Crippen LogP contribution is 2.38. The van der Waals surface area contributed by atoms with Crippen LogP contribution in [0.2, 0.25) is 0 Å². The van der Waals surface area contributed by atoms with E-state index >= 15 is 0 Å². The minimum absolute atomic E-state index is 0.158. The summed E-state index contributed by atoms with van der Waals surface area (Å²) >= 11 is 0. The second-order valence-corrected chi connectivity index (χ2v) is 5.25. The normalized spacial score (nSPS) is 17.8. The van der Waals surface area contributed by atoms with Crippen LogP contribution in [0.4, 0.5) is 0 Å². The van der Waals surface area contributed by atoms with Gasteiger partial charge in [0.25, 0.3) is 0 Å². The minimum Gasteiger partial charge on any atom is -0.493 e. The molecule has 0 bridgehead atoms. The Bertz CT molecular complexity index is 461. The fraction of sp³-hybridized carbons (Fsp3) is 0.533. The summed E-state index contributed by atoms with van der Waals surface area (Å²) in [6.45, 7) is 2.05. The summed E-state index contributed by atoms with van der Waals surface area (Å²) in [7, 11) is 1.52. The summed E-state index contributed by atoms with van der Waals surface area (Å²) in [5.74, 6) is -0.165. The van der Waals surface area contributed by atoms with Crippen LogP contribution in [0.15, 0.2) is 18.2 Å². The van der Waals surface area contributed by atoms with Gasteiger partial charge in [-0.15, -0.1) is 0 Å². The predicted octanol–water partition coefficient (Wildman–Crippen LogP) is 3.50. The van der Waals surface area contributed by atoms with Crippen molar-refractivity contribution in [1.82, 2.24) is 0 Å². The molecule has 0 saturated heterocycles. The van der Waals surface area contributed by atoms with Crippen molar-refractivity contribution in [1.29, 1.82) is 0 Å². The van der Waals surface area contributed by atoms with Crippen molar-refractivity contribution in [3.05, 3.63) is 23.8 Å². The Morgan fingerprint density at radius 2 is 1.95 bits per heavy atom. The van der Waals surface area contributed by atoms with Gasteiger partial charge in [-0.05, 0) is 44.7 Å². The van der Waals surface area contributed by atoms with Gasteiger partial charge in [0.1, 0.15) is 11.2 Å². The molecule has 4 heteroatoms. The largest absolute Gasteiger partial charge is 0.493 e. The zero-order valence-electron chi connectivity index (χ0n) is 11.4. The number of benzene rings is 1. The maximum atomic E-state index is 11.3. The standard InChI is InChI=1S/C15H20O4/c1-15(9-4-3-5-10-15)19-13-11(14(16)17)7-6-8-12(13)18-2/h6-8H,3-5,9-10H2,1-2H3,(H,16,17). The summed E-state index contributed by atoms with van der Waals surface area (Å²) in [5.41, 5.74) is -0.136. The van der Waals surface area contributed by atoms with Crippen molar-refractivity contribution in [2.45, 2.75) is 44.6 Å². The topological polar surface area (TPSA) is 55.8 Å². The second-order valence-electron chi connectivity index (χ2n) is 5.25. The van der Waals surface area contributed by atoms with Crippen LogP contribution >= 0.6 is 0 Å². The van der Waals surface area contributed by atoms with Gasteiger partial charge in [-0.2, -0.15) is 0 Å². The number of ether oxygens (including phenoxy) is 2.